The quantitative estimate of drug-likeness (QED) is 0.733. The van der Waals surface area contributed by atoms with Crippen LogP contribution in [0.2, 0.25) is 0 Å². The maximum Gasteiger partial charge on any atom is 0.188 e. The summed E-state index contributed by atoms with van der Waals surface area (Å²) in [4.78, 5) is 15.6. The fourth-order valence-electron chi connectivity index (χ4n) is 2.98. The van der Waals surface area contributed by atoms with Gasteiger partial charge in [0, 0.05) is 30.4 Å². The molecule has 0 spiro atoms. The number of hydrogen-bond acceptors (Lipinski definition) is 7. The number of nitrogens with zero attached hydrogens (tertiary/aromatic N) is 5. The van der Waals surface area contributed by atoms with E-state index in [1.54, 1.807) is 23.7 Å². The molecule has 1 saturated heterocycles. The van der Waals surface area contributed by atoms with Crippen molar-refractivity contribution in [2.24, 2.45) is 0 Å². The minimum atomic E-state index is 0.300. The van der Waals surface area contributed by atoms with Crippen molar-refractivity contribution in [3.63, 3.8) is 0 Å². The fraction of sp³-hybridized carbons (Fsp3) is 0.375. The van der Waals surface area contributed by atoms with E-state index in [9.17, 15) is 0 Å². The highest BCUT2D eigenvalue weighted by atomic mass is 32.1. The van der Waals surface area contributed by atoms with Crippen LogP contribution in [0.5, 0.6) is 0 Å². The van der Waals surface area contributed by atoms with Gasteiger partial charge in [0.15, 0.2) is 16.6 Å². The Labute approximate surface area is 138 Å². The molecule has 7 heteroatoms. The smallest absolute Gasteiger partial charge is 0.188 e. The highest BCUT2D eigenvalue weighted by Gasteiger charge is 2.29. The molecule has 1 atom stereocenters. The van der Waals surface area contributed by atoms with Crippen LogP contribution < -0.4 is 0 Å². The molecule has 0 radical (unpaired) electrons. The van der Waals surface area contributed by atoms with Gasteiger partial charge in [0.2, 0.25) is 0 Å². The monoisotopic (exact) mass is 327 g/mol. The standard InChI is InChI=1S/C16H17N5OS/c1-11-8-14(22-20-11)13-4-2-7-21(13)9-12-10-23-16(19-12)15-17-5-3-6-18-15/h3,5-6,8,10,13H,2,4,7,9H2,1H3. The molecule has 1 aliphatic heterocycles. The lowest BCUT2D eigenvalue weighted by molar-refractivity contribution is 0.205. The Morgan fingerprint density at radius 3 is 3.00 bits per heavy atom. The summed E-state index contributed by atoms with van der Waals surface area (Å²) in [6.07, 6.45) is 5.76. The lowest BCUT2D eigenvalue weighted by Gasteiger charge is -2.20. The highest BCUT2D eigenvalue weighted by molar-refractivity contribution is 7.13. The molecule has 0 aromatic carbocycles. The van der Waals surface area contributed by atoms with Crippen LogP contribution in [0.15, 0.2) is 34.4 Å². The maximum absolute atomic E-state index is 5.46. The van der Waals surface area contributed by atoms with Gasteiger partial charge in [0.25, 0.3) is 0 Å². The maximum atomic E-state index is 5.46. The van der Waals surface area contributed by atoms with Crippen molar-refractivity contribution in [1.82, 2.24) is 25.0 Å². The molecule has 23 heavy (non-hydrogen) atoms. The zero-order chi connectivity index (χ0) is 15.6. The van der Waals surface area contributed by atoms with Gasteiger partial charge in [0.05, 0.1) is 17.4 Å². The van der Waals surface area contributed by atoms with E-state index in [1.165, 1.54) is 6.42 Å². The summed E-state index contributed by atoms with van der Waals surface area (Å²) < 4.78 is 5.46. The van der Waals surface area contributed by atoms with Crippen LogP contribution in [0.3, 0.4) is 0 Å². The Kier molecular flexibility index (Phi) is 3.88. The summed E-state index contributed by atoms with van der Waals surface area (Å²) in [6, 6.07) is 4.15. The van der Waals surface area contributed by atoms with Crippen LogP contribution in [0, 0.1) is 6.92 Å². The average molecular weight is 327 g/mol. The molecule has 0 amide bonds. The molecule has 4 rings (SSSR count). The Hall–Kier alpha value is -2.12. The molecule has 0 aliphatic carbocycles. The Balaban J connectivity index is 1.50. The SMILES string of the molecule is Cc1cc(C2CCCN2Cc2csc(-c3ncccn3)n2)on1. The first-order chi connectivity index (χ1) is 11.3. The van der Waals surface area contributed by atoms with Crippen LogP contribution in [0.4, 0.5) is 0 Å². The van der Waals surface area contributed by atoms with Crippen molar-refractivity contribution in [3.8, 4) is 10.8 Å². The summed E-state index contributed by atoms with van der Waals surface area (Å²) in [5.41, 5.74) is 1.99. The lowest BCUT2D eigenvalue weighted by Crippen LogP contribution is -2.22. The van der Waals surface area contributed by atoms with Crippen LogP contribution >= 0.6 is 11.3 Å². The van der Waals surface area contributed by atoms with Gasteiger partial charge in [-0.05, 0) is 32.4 Å². The molecule has 1 fully saturated rings. The molecule has 0 saturated carbocycles. The second-order valence-electron chi connectivity index (χ2n) is 5.72. The number of thiazole rings is 1. The predicted octanol–water partition coefficient (Wildman–Crippen LogP) is 3.23. The van der Waals surface area contributed by atoms with Gasteiger partial charge in [-0.1, -0.05) is 5.16 Å². The van der Waals surface area contributed by atoms with Gasteiger partial charge in [-0.15, -0.1) is 11.3 Å². The van der Waals surface area contributed by atoms with E-state index in [0.29, 0.717) is 11.9 Å². The van der Waals surface area contributed by atoms with Gasteiger partial charge < -0.3 is 4.52 Å². The highest BCUT2D eigenvalue weighted by Crippen LogP contribution is 2.34. The first-order valence-corrected chi connectivity index (χ1v) is 8.56. The third kappa shape index (κ3) is 3.02. The molecule has 118 valence electrons. The van der Waals surface area contributed by atoms with Gasteiger partial charge in [-0.25, -0.2) is 15.0 Å². The van der Waals surface area contributed by atoms with Crippen LogP contribution in [0.25, 0.3) is 10.8 Å². The van der Waals surface area contributed by atoms with Crippen molar-refractivity contribution >= 4 is 11.3 Å². The predicted molar refractivity (Wildman–Crippen MR) is 86.8 cm³/mol. The van der Waals surface area contributed by atoms with Crippen LogP contribution in [0.1, 0.15) is 36.0 Å². The Bertz CT molecular complexity index is 785. The number of hydrogen-bond donors (Lipinski definition) is 0. The van der Waals surface area contributed by atoms with Crippen LogP contribution in [-0.4, -0.2) is 31.6 Å². The Morgan fingerprint density at radius 2 is 2.22 bits per heavy atom. The van der Waals surface area contributed by atoms with E-state index in [4.69, 9.17) is 4.52 Å². The second-order valence-corrected chi connectivity index (χ2v) is 6.57. The molecule has 3 aromatic heterocycles. The van der Waals surface area contributed by atoms with Gasteiger partial charge in [0.1, 0.15) is 0 Å². The first-order valence-electron chi connectivity index (χ1n) is 7.68. The molecular weight excluding hydrogens is 310 g/mol. The molecule has 1 unspecified atom stereocenters. The molecule has 0 bridgehead atoms. The van der Waals surface area contributed by atoms with E-state index >= 15 is 0 Å². The van der Waals surface area contributed by atoms with Gasteiger partial charge in [-0.3, -0.25) is 4.90 Å². The summed E-state index contributed by atoms with van der Waals surface area (Å²) in [6.45, 7) is 3.83. The van der Waals surface area contributed by atoms with Crippen molar-refractivity contribution in [2.75, 3.05) is 6.54 Å². The van der Waals surface area contributed by atoms with E-state index in [0.717, 1.165) is 41.7 Å². The summed E-state index contributed by atoms with van der Waals surface area (Å²) in [7, 11) is 0. The molecule has 4 heterocycles. The van der Waals surface area contributed by atoms with E-state index in [1.807, 2.05) is 19.1 Å². The molecule has 1 aliphatic rings. The number of likely N-dealkylation sites (tertiary alicyclic amines) is 1. The number of aryl methyl sites for hydroxylation is 1. The third-order valence-corrected chi connectivity index (χ3v) is 4.90. The van der Waals surface area contributed by atoms with Crippen LogP contribution in [-0.2, 0) is 6.54 Å². The minimum absolute atomic E-state index is 0.300. The van der Waals surface area contributed by atoms with Crippen molar-refractivity contribution in [1.29, 1.82) is 0 Å². The molecule has 3 aromatic rings. The van der Waals surface area contributed by atoms with Gasteiger partial charge in [-0.2, -0.15) is 0 Å². The van der Waals surface area contributed by atoms with Gasteiger partial charge >= 0.3 is 0 Å². The van der Waals surface area contributed by atoms with E-state index in [-0.39, 0.29) is 0 Å². The normalized spacial score (nSPS) is 18.6. The lowest BCUT2D eigenvalue weighted by atomic mass is 10.1. The molecule has 0 N–H and O–H groups in total. The first kappa shape index (κ1) is 14.5. The zero-order valence-electron chi connectivity index (χ0n) is 12.8. The van der Waals surface area contributed by atoms with Crippen molar-refractivity contribution in [3.05, 3.63) is 47.1 Å². The second kappa shape index (κ2) is 6.17. The summed E-state index contributed by atoms with van der Waals surface area (Å²) in [5.74, 6) is 1.65. The number of rotatable bonds is 4. The average Bonchev–Trinajstić information content (AvgIpc) is 3.29. The van der Waals surface area contributed by atoms with Crippen molar-refractivity contribution < 1.29 is 4.52 Å². The third-order valence-electron chi connectivity index (χ3n) is 4.01. The van der Waals surface area contributed by atoms with E-state index < -0.39 is 0 Å². The Morgan fingerprint density at radius 1 is 1.35 bits per heavy atom. The summed E-state index contributed by atoms with van der Waals surface area (Å²) >= 11 is 1.59. The molecular formula is C16H17N5OS. The zero-order valence-corrected chi connectivity index (χ0v) is 13.7. The number of aromatic nitrogens is 4. The summed E-state index contributed by atoms with van der Waals surface area (Å²) in [5, 5.41) is 6.97. The van der Waals surface area contributed by atoms with E-state index in [2.05, 4.69) is 30.4 Å². The largest absolute Gasteiger partial charge is 0.359 e. The molecule has 6 nitrogen and oxygen atoms in total. The minimum Gasteiger partial charge on any atom is -0.359 e. The topological polar surface area (TPSA) is 67.9 Å². The fourth-order valence-corrected chi connectivity index (χ4v) is 3.73. The van der Waals surface area contributed by atoms with Crippen molar-refractivity contribution in [2.45, 2.75) is 32.4 Å².